The molecule has 200 valence electrons. The maximum absolute atomic E-state index is 6.26. The Morgan fingerprint density at radius 1 is 0.559 bits per heavy atom. The summed E-state index contributed by atoms with van der Waals surface area (Å²) >= 11 is 0. The van der Waals surface area contributed by atoms with Crippen molar-refractivity contribution in [3.8, 4) is 0 Å². The molecular formula is C28H53NO5. The topological polar surface area (TPSA) is 58.2 Å². The Balaban J connectivity index is 1.20. The standard InChI is InChI=1S/C28H53NO5/c1-6-7-8-9-10-11-12-13-14-15-16-17-18-19-20-29-21-22-23-24(32-27(2,3)31-23)25-26(30-22)34-28(4,5)33-25/h22-26,29H,6-21H2,1-5H3/t22-,23?,24?,25?,26?/m1/s1. The van der Waals surface area contributed by atoms with Crippen molar-refractivity contribution >= 4 is 0 Å². The van der Waals surface area contributed by atoms with E-state index in [9.17, 15) is 0 Å². The molecule has 0 saturated carbocycles. The number of fused-ring (bicyclic) bond motifs is 3. The van der Waals surface area contributed by atoms with Gasteiger partial charge in [0.2, 0.25) is 0 Å². The summed E-state index contributed by atoms with van der Waals surface area (Å²) in [6, 6.07) is 0. The lowest BCUT2D eigenvalue weighted by Crippen LogP contribution is -2.57. The van der Waals surface area contributed by atoms with Crippen molar-refractivity contribution in [2.75, 3.05) is 13.1 Å². The Kier molecular flexibility index (Phi) is 11.6. The molecule has 6 heteroatoms. The molecule has 0 spiro atoms. The molecule has 0 radical (unpaired) electrons. The van der Waals surface area contributed by atoms with Crippen LogP contribution in [0.3, 0.4) is 0 Å². The van der Waals surface area contributed by atoms with Crippen LogP contribution in [0, 0.1) is 0 Å². The minimum Gasteiger partial charge on any atom is -0.342 e. The number of rotatable bonds is 17. The van der Waals surface area contributed by atoms with Gasteiger partial charge in [0.25, 0.3) is 0 Å². The number of unbranched alkanes of at least 4 members (excludes halogenated alkanes) is 13. The Labute approximate surface area is 209 Å². The van der Waals surface area contributed by atoms with Gasteiger partial charge in [-0.25, -0.2) is 0 Å². The average molecular weight is 484 g/mol. The number of hydrogen-bond donors (Lipinski definition) is 1. The highest BCUT2D eigenvalue weighted by atomic mass is 16.9. The van der Waals surface area contributed by atoms with Gasteiger partial charge >= 0.3 is 0 Å². The number of nitrogens with one attached hydrogen (secondary N) is 1. The summed E-state index contributed by atoms with van der Waals surface area (Å²) in [5.74, 6) is -1.29. The molecule has 4 unspecified atom stereocenters. The van der Waals surface area contributed by atoms with Crippen molar-refractivity contribution < 1.29 is 23.7 Å². The van der Waals surface area contributed by atoms with Crippen LogP contribution < -0.4 is 5.32 Å². The van der Waals surface area contributed by atoms with Crippen LogP contribution in [0.4, 0.5) is 0 Å². The first-order chi connectivity index (χ1) is 16.3. The van der Waals surface area contributed by atoms with E-state index in [2.05, 4.69) is 12.2 Å². The predicted octanol–water partition coefficient (Wildman–Crippen LogP) is 6.45. The molecular weight excluding hydrogens is 430 g/mol. The highest BCUT2D eigenvalue weighted by molar-refractivity contribution is 5.00. The molecule has 5 atom stereocenters. The van der Waals surface area contributed by atoms with Crippen LogP contribution in [0.5, 0.6) is 0 Å². The highest BCUT2D eigenvalue weighted by Gasteiger charge is 2.60. The molecule has 3 fully saturated rings. The van der Waals surface area contributed by atoms with E-state index in [0.29, 0.717) is 0 Å². The van der Waals surface area contributed by atoms with Gasteiger partial charge in [0, 0.05) is 6.54 Å². The molecule has 0 aromatic carbocycles. The van der Waals surface area contributed by atoms with Crippen molar-refractivity contribution in [2.24, 2.45) is 0 Å². The van der Waals surface area contributed by atoms with Crippen molar-refractivity contribution in [3.63, 3.8) is 0 Å². The molecule has 6 nitrogen and oxygen atoms in total. The van der Waals surface area contributed by atoms with Gasteiger partial charge in [0.1, 0.15) is 24.4 Å². The van der Waals surface area contributed by atoms with E-state index in [1.54, 1.807) is 0 Å². The first-order valence-electron chi connectivity index (χ1n) is 14.4. The molecule has 34 heavy (non-hydrogen) atoms. The molecule has 0 aromatic rings. The van der Waals surface area contributed by atoms with Gasteiger partial charge in [-0.05, 0) is 40.7 Å². The summed E-state index contributed by atoms with van der Waals surface area (Å²) in [6.45, 7) is 11.8. The average Bonchev–Trinajstić information content (AvgIpc) is 3.27. The third-order valence-corrected chi connectivity index (χ3v) is 7.30. The van der Waals surface area contributed by atoms with E-state index in [4.69, 9.17) is 23.7 Å². The van der Waals surface area contributed by atoms with Crippen LogP contribution in [0.15, 0.2) is 0 Å². The lowest BCUT2D eigenvalue weighted by Gasteiger charge is -2.37. The molecule has 3 aliphatic heterocycles. The van der Waals surface area contributed by atoms with Crippen LogP contribution in [-0.2, 0) is 23.7 Å². The quantitative estimate of drug-likeness (QED) is 0.240. The second kappa shape index (κ2) is 13.9. The molecule has 3 aliphatic rings. The molecule has 0 bridgehead atoms. The molecule has 3 saturated heterocycles. The third-order valence-electron chi connectivity index (χ3n) is 7.30. The summed E-state index contributed by atoms with van der Waals surface area (Å²) in [5, 5.41) is 3.58. The minimum absolute atomic E-state index is 0.0998. The third kappa shape index (κ3) is 9.01. The fourth-order valence-electron chi connectivity index (χ4n) is 5.55. The zero-order valence-electron chi connectivity index (χ0n) is 22.7. The van der Waals surface area contributed by atoms with E-state index >= 15 is 0 Å². The van der Waals surface area contributed by atoms with Gasteiger partial charge in [-0.1, -0.05) is 90.4 Å². The van der Waals surface area contributed by atoms with Gasteiger partial charge in [0.05, 0.1) is 0 Å². The Morgan fingerprint density at radius 3 is 1.62 bits per heavy atom. The summed E-state index contributed by atoms with van der Waals surface area (Å²) in [4.78, 5) is 0. The van der Waals surface area contributed by atoms with Gasteiger partial charge in [-0.2, -0.15) is 0 Å². The first kappa shape index (κ1) is 28.3. The summed E-state index contributed by atoms with van der Waals surface area (Å²) in [5.41, 5.74) is 0. The van der Waals surface area contributed by atoms with Crippen molar-refractivity contribution in [1.82, 2.24) is 5.32 Å². The predicted molar refractivity (Wildman–Crippen MR) is 136 cm³/mol. The van der Waals surface area contributed by atoms with Gasteiger partial charge in [-0.3, -0.25) is 0 Å². The van der Waals surface area contributed by atoms with Gasteiger partial charge < -0.3 is 29.0 Å². The zero-order valence-corrected chi connectivity index (χ0v) is 22.7. The molecule has 0 aliphatic carbocycles. The van der Waals surface area contributed by atoms with Crippen molar-refractivity contribution in [3.05, 3.63) is 0 Å². The second-order valence-electron chi connectivity index (χ2n) is 11.5. The van der Waals surface area contributed by atoms with E-state index in [1.165, 1.54) is 89.9 Å². The largest absolute Gasteiger partial charge is 0.342 e. The van der Waals surface area contributed by atoms with E-state index in [0.717, 1.165) is 13.1 Å². The Morgan fingerprint density at radius 2 is 1.03 bits per heavy atom. The normalized spacial score (nSPS) is 31.5. The number of hydrogen-bond acceptors (Lipinski definition) is 6. The van der Waals surface area contributed by atoms with Crippen LogP contribution in [-0.4, -0.2) is 55.4 Å². The maximum atomic E-state index is 6.26. The second-order valence-corrected chi connectivity index (χ2v) is 11.5. The smallest absolute Gasteiger partial charge is 0.190 e. The number of ether oxygens (including phenoxy) is 5. The SMILES string of the molecule is CCCCCCCCCCCCCCCCNC[C@H]1OC2OC(C)(C)OC2C2OC(C)(C)OC21. The summed E-state index contributed by atoms with van der Waals surface area (Å²) in [6.07, 6.45) is 18.4. The Bertz CT molecular complexity index is 569. The maximum Gasteiger partial charge on any atom is 0.190 e. The Hall–Kier alpha value is -0.240. The lowest BCUT2D eigenvalue weighted by molar-refractivity contribution is -0.232. The van der Waals surface area contributed by atoms with Crippen LogP contribution in [0.2, 0.25) is 0 Å². The molecule has 0 amide bonds. The molecule has 1 N–H and O–H groups in total. The fourth-order valence-corrected chi connectivity index (χ4v) is 5.55. The lowest BCUT2D eigenvalue weighted by atomic mass is 9.99. The van der Waals surface area contributed by atoms with Gasteiger partial charge in [0.15, 0.2) is 17.9 Å². The molecule has 0 aromatic heterocycles. The summed E-state index contributed by atoms with van der Waals surface area (Å²) in [7, 11) is 0. The zero-order chi connectivity index (χ0) is 24.4. The van der Waals surface area contributed by atoms with Crippen LogP contribution >= 0.6 is 0 Å². The van der Waals surface area contributed by atoms with Gasteiger partial charge in [-0.15, -0.1) is 0 Å². The monoisotopic (exact) mass is 483 g/mol. The summed E-state index contributed by atoms with van der Waals surface area (Å²) < 4.78 is 30.7. The highest BCUT2D eigenvalue weighted by Crippen LogP contribution is 2.43. The fraction of sp³-hybridized carbons (Fsp3) is 1.00. The van der Waals surface area contributed by atoms with E-state index < -0.39 is 17.9 Å². The van der Waals surface area contributed by atoms with Crippen LogP contribution in [0.25, 0.3) is 0 Å². The minimum atomic E-state index is -0.660. The van der Waals surface area contributed by atoms with E-state index in [1.807, 2.05) is 27.7 Å². The van der Waals surface area contributed by atoms with Crippen LogP contribution in [0.1, 0.15) is 125 Å². The first-order valence-corrected chi connectivity index (χ1v) is 14.4. The van der Waals surface area contributed by atoms with Crippen molar-refractivity contribution in [1.29, 1.82) is 0 Å². The molecule has 3 rings (SSSR count). The molecule has 3 heterocycles. The van der Waals surface area contributed by atoms with E-state index in [-0.39, 0.29) is 24.4 Å². The van der Waals surface area contributed by atoms with Crippen molar-refractivity contribution in [2.45, 2.75) is 167 Å².